The second kappa shape index (κ2) is 13.2. The van der Waals surface area contributed by atoms with Crippen LogP contribution in [0.5, 0.6) is 5.75 Å². The van der Waals surface area contributed by atoms with Crippen molar-refractivity contribution in [1.29, 1.82) is 0 Å². The lowest BCUT2D eigenvalue weighted by Crippen LogP contribution is -2.48. The molecule has 2 aromatic carbocycles. The zero-order valence-corrected chi connectivity index (χ0v) is 22.6. The molecule has 1 heterocycles. The molecule has 9 nitrogen and oxygen atoms in total. The number of nitrogens with one attached hydrogen (secondary N) is 2. The summed E-state index contributed by atoms with van der Waals surface area (Å²) in [4.78, 5) is 42.1. The van der Waals surface area contributed by atoms with E-state index in [0.29, 0.717) is 17.8 Å². The monoisotopic (exact) mass is 528 g/mol. The van der Waals surface area contributed by atoms with Crippen LogP contribution in [-0.2, 0) is 4.74 Å². The van der Waals surface area contributed by atoms with E-state index in [9.17, 15) is 18.8 Å². The first kappa shape index (κ1) is 28.9. The Morgan fingerprint density at radius 1 is 1.16 bits per heavy atom. The second-order valence-electron chi connectivity index (χ2n) is 9.63. The molecule has 206 valence electrons. The van der Waals surface area contributed by atoms with Crippen molar-refractivity contribution in [3.05, 3.63) is 59.4 Å². The molecule has 0 radical (unpaired) electrons. The predicted octanol–water partition coefficient (Wildman–Crippen LogP) is 4.00. The zero-order chi connectivity index (χ0) is 27.8. The summed E-state index contributed by atoms with van der Waals surface area (Å²) in [6.45, 7) is 6.80. The number of halogens is 1. The number of carbonyl (C=O) groups is 3. The molecule has 10 heteroatoms. The van der Waals surface area contributed by atoms with Crippen molar-refractivity contribution in [3.63, 3.8) is 0 Å². The van der Waals surface area contributed by atoms with Gasteiger partial charge >= 0.3 is 6.03 Å². The number of benzene rings is 2. The summed E-state index contributed by atoms with van der Waals surface area (Å²) >= 11 is 0. The molecule has 3 atom stereocenters. The maximum absolute atomic E-state index is 14.5. The molecule has 2 N–H and O–H groups in total. The van der Waals surface area contributed by atoms with Crippen molar-refractivity contribution in [3.8, 4) is 5.75 Å². The van der Waals surface area contributed by atoms with Gasteiger partial charge in [0.25, 0.3) is 11.8 Å². The molecule has 0 spiro atoms. The van der Waals surface area contributed by atoms with E-state index in [2.05, 4.69) is 10.6 Å². The van der Waals surface area contributed by atoms with Gasteiger partial charge in [0.05, 0.1) is 23.3 Å². The topological polar surface area (TPSA) is 100 Å². The average molecular weight is 529 g/mol. The highest BCUT2D eigenvalue weighted by Gasteiger charge is 2.31. The van der Waals surface area contributed by atoms with Crippen molar-refractivity contribution in [2.24, 2.45) is 5.92 Å². The molecule has 1 aliphatic rings. The van der Waals surface area contributed by atoms with E-state index in [0.717, 1.165) is 6.42 Å². The smallest absolute Gasteiger partial charge is 0.319 e. The van der Waals surface area contributed by atoms with Gasteiger partial charge in [-0.1, -0.05) is 26.0 Å². The van der Waals surface area contributed by atoms with E-state index >= 15 is 0 Å². The Balaban J connectivity index is 1.97. The van der Waals surface area contributed by atoms with E-state index in [-0.39, 0.29) is 55.0 Å². The van der Waals surface area contributed by atoms with Crippen molar-refractivity contribution < 1.29 is 28.2 Å². The minimum atomic E-state index is -0.597. The Hall–Kier alpha value is -3.66. The fraction of sp³-hybridized carbons (Fsp3) is 0.464. The Bertz CT molecular complexity index is 1140. The quantitative estimate of drug-likeness (QED) is 0.611. The van der Waals surface area contributed by atoms with Crippen molar-refractivity contribution in [1.82, 2.24) is 15.1 Å². The molecule has 2 aromatic rings. The van der Waals surface area contributed by atoms with Crippen LogP contribution >= 0.6 is 0 Å². The summed E-state index contributed by atoms with van der Waals surface area (Å²) in [7, 11) is 3.24. The largest absolute Gasteiger partial charge is 0.491 e. The van der Waals surface area contributed by atoms with E-state index in [4.69, 9.17) is 9.47 Å². The lowest BCUT2D eigenvalue weighted by molar-refractivity contribution is 0.0110. The van der Waals surface area contributed by atoms with Crippen LogP contribution in [0.25, 0.3) is 0 Å². The first-order chi connectivity index (χ1) is 18.2. The lowest BCUT2D eigenvalue weighted by atomic mass is 10.0. The van der Waals surface area contributed by atoms with Crippen LogP contribution < -0.4 is 15.4 Å². The average Bonchev–Trinajstić information content (AvgIpc) is 2.91. The molecular weight excluding hydrogens is 491 g/mol. The summed E-state index contributed by atoms with van der Waals surface area (Å²) in [6.07, 6.45) is 0.418. The molecule has 0 bridgehead atoms. The molecule has 38 heavy (non-hydrogen) atoms. The Morgan fingerprint density at radius 2 is 1.89 bits per heavy atom. The molecule has 0 saturated carbocycles. The van der Waals surface area contributed by atoms with Crippen LogP contribution in [0.4, 0.5) is 14.9 Å². The van der Waals surface area contributed by atoms with Crippen LogP contribution in [0.2, 0.25) is 0 Å². The minimum absolute atomic E-state index is 0.0233. The first-order valence-corrected chi connectivity index (χ1v) is 12.8. The summed E-state index contributed by atoms with van der Waals surface area (Å²) in [5.41, 5.74) is 0.745. The maximum Gasteiger partial charge on any atom is 0.319 e. The van der Waals surface area contributed by atoms with Gasteiger partial charge in [0.15, 0.2) is 0 Å². The number of urea groups is 1. The fourth-order valence-corrected chi connectivity index (χ4v) is 4.34. The Morgan fingerprint density at radius 3 is 2.58 bits per heavy atom. The molecule has 3 rings (SSSR count). The van der Waals surface area contributed by atoms with E-state index in [1.165, 1.54) is 18.2 Å². The Kier molecular flexibility index (Phi) is 10.1. The SMILES string of the molecule is CCCNC(=O)Nc1ccc2c(c1)OC[C@H](C)N(C(=O)c1ccccc1F)C[C@@H](C)[C@H](OC)CN(C)C2=O. The standard InChI is InChI=1S/C28H37FN4O5/c1-6-13-30-28(36)31-20-11-12-22-24(14-20)38-17-19(3)33(27(35)21-9-7-8-10-23(21)29)15-18(2)25(37-5)16-32(4)26(22)34/h7-12,14,18-19,25H,6,13,15-17H2,1-5H3,(H2,30,31,36)/t18-,19+,25-/m1/s1. The molecule has 1 aliphatic heterocycles. The van der Waals surface area contributed by atoms with Gasteiger partial charge in [0.1, 0.15) is 18.2 Å². The molecule has 0 aromatic heterocycles. The molecule has 0 unspecified atom stereocenters. The third kappa shape index (κ3) is 7.00. The molecular formula is C28H37FN4O5. The van der Waals surface area contributed by atoms with Crippen LogP contribution in [0.1, 0.15) is 47.9 Å². The van der Waals surface area contributed by atoms with Gasteiger partial charge in [-0.25, -0.2) is 9.18 Å². The van der Waals surface area contributed by atoms with Gasteiger partial charge in [0, 0.05) is 51.5 Å². The van der Waals surface area contributed by atoms with Crippen LogP contribution in [-0.4, -0.2) is 80.2 Å². The summed E-state index contributed by atoms with van der Waals surface area (Å²) in [6, 6.07) is 9.88. The van der Waals surface area contributed by atoms with Gasteiger partial charge in [-0.3, -0.25) is 9.59 Å². The molecule has 0 fully saturated rings. The summed E-state index contributed by atoms with van der Waals surface area (Å²) in [5.74, 6) is -1.21. The maximum atomic E-state index is 14.5. The highest BCUT2D eigenvalue weighted by molar-refractivity contribution is 5.98. The number of nitrogens with zero attached hydrogens (tertiary/aromatic N) is 2. The van der Waals surface area contributed by atoms with Gasteiger partial charge < -0.3 is 29.9 Å². The van der Waals surface area contributed by atoms with Gasteiger partial charge in [-0.2, -0.15) is 0 Å². The van der Waals surface area contributed by atoms with Crippen LogP contribution in [0, 0.1) is 11.7 Å². The predicted molar refractivity (Wildman–Crippen MR) is 143 cm³/mol. The van der Waals surface area contributed by atoms with Crippen molar-refractivity contribution >= 4 is 23.5 Å². The lowest BCUT2D eigenvalue weighted by Gasteiger charge is -2.36. The number of amides is 4. The highest BCUT2D eigenvalue weighted by atomic mass is 19.1. The van der Waals surface area contributed by atoms with Crippen molar-refractivity contribution in [2.75, 3.05) is 45.7 Å². The third-order valence-electron chi connectivity index (χ3n) is 6.61. The normalized spacial score (nSPS) is 20.5. The van der Waals surface area contributed by atoms with E-state index < -0.39 is 17.8 Å². The summed E-state index contributed by atoms with van der Waals surface area (Å²) < 4.78 is 26.3. The number of ether oxygens (including phenoxy) is 2. The highest BCUT2D eigenvalue weighted by Crippen LogP contribution is 2.27. The number of hydrogen-bond donors (Lipinski definition) is 2. The first-order valence-electron chi connectivity index (χ1n) is 12.8. The van der Waals surface area contributed by atoms with Gasteiger partial charge in [0.2, 0.25) is 0 Å². The van der Waals surface area contributed by atoms with Gasteiger partial charge in [-0.05, 0) is 37.6 Å². The van der Waals surface area contributed by atoms with E-state index in [1.54, 1.807) is 48.2 Å². The second-order valence-corrected chi connectivity index (χ2v) is 9.63. The number of methoxy groups -OCH3 is 1. The number of likely N-dealkylation sites (N-methyl/N-ethyl adjacent to an activating group) is 1. The zero-order valence-electron chi connectivity index (χ0n) is 22.6. The number of hydrogen-bond acceptors (Lipinski definition) is 5. The molecule has 0 aliphatic carbocycles. The minimum Gasteiger partial charge on any atom is -0.491 e. The Labute approximate surface area is 223 Å². The van der Waals surface area contributed by atoms with Crippen LogP contribution in [0.15, 0.2) is 42.5 Å². The number of rotatable bonds is 5. The third-order valence-corrected chi connectivity index (χ3v) is 6.61. The number of carbonyl (C=O) groups excluding carboxylic acids is 3. The van der Waals surface area contributed by atoms with Gasteiger partial charge in [-0.15, -0.1) is 0 Å². The van der Waals surface area contributed by atoms with Crippen LogP contribution in [0.3, 0.4) is 0 Å². The van der Waals surface area contributed by atoms with E-state index in [1.807, 2.05) is 20.8 Å². The molecule has 0 saturated heterocycles. The number of fused-ring (bicyclic) bond motifs is 1. The number of anilines is 1. The van der Waals surface area contributed by atoms with Crippen molar-refractivity contribution in [2.45, 2.75) is 39.3 Å². The molecule has 4 amide bonds. The fourth-order valence-electron chi connectivity index (χ4n) is 4.34. The summed E-state index contributed by atoms with van der Waals surface area (Å²) in [5, 5.41) is 5.48.